The Balaban J connectivity index is 1.57. The normalized spacial score (nSPS) is 19.7. The van der Waals surface area contributed by atoms with Gasteiger partial charge in [0.2, 0.25) is 0 Å². The molecule has 0 aliphatic carbocycles. The SMILES string of the molecule is CN(C(=O)C1=CC=Cc2ccccc2O1)[C@H](CN1CC[C@H](O)C1)c1ccccc1. The van der Waals surface area contributed by atoms with Crippen LogP contribution in [0, 0.1) is 0 Å². The summed E-state index contributed by atoms with van der Waals surface area (Å²) in [6, 6.07) is 17.6. The maximum Gasteiger partial charge on any atom is 0.289 e. The number of benzene rings is 2. The van der Waals surface area contributed by atoms with Crippen LogP contribution in [0.4, 0.5) is 0 Å². The van der Waals surface area contributed by atoms with Crippen LogP contribution in [0.5, 0.6) is 5.75 Å². The molecular weight excluding hydrogens is 364 g/mol. The predicted octanol–water partition coefficient (Wildman–Crippen LogP) is 3.24. The lowest BCUT2D eigenvalue weighted by Gasteiger charge is -2.32. The molecule has 1 amide bonds. The summed E-state index contributed by atoms with van der Waals surface area (Å²) in [6.45, 7) is 2.14. The van der Waals surface area contributed by atoms with Crippen LogP contribution >= 0.6 is 0 Å². The standard InChI is InChI=1S/C24H26N2O3/c1-25(24(28)23-13-7-11-19-10-5-6-12-22(19)29-23)21(18-8-3-2-4-9-18)17-26-15-14-20(27)16-26/h2-13,20-21,27H,14-17H2,1H3/t20-,21+/m0/s1. The van der Waals surface area contributed by atoms with Gasteiger partial charge < -0.3 is 14.7 Å². The Morgan fingerprint density at radius 3 is 2.72 bits per heavy atom. The number of amides is 1. The number of para-hydroxylation sites is 1. The van der Waals surface area contributed by atoms with Gasteiger partial charge in [-0.1, -0.05) is 60.7 Å². The minimum absolute atomic E-state index is 0.138. The second-order valence-corrected chi connectivity index (χ2v) is 7.57. The molecular formula is C24H26N2O3. The van der Waals surface area contributed by atoms with E-state index in [0.717, 1.165) is 24.1 Å². The van der Waals surface area contributed by atoms with Crippen molar-refractivity contribution < 1.29 is 14.6 Å². The molecule has 2 atom stereocenters. The van der Waals surface area contributed by atoms with E-state index in [0.29, 0.717) is 24.6 Å². The number of rotatable bonds is 5. The first-order chi connectivity index (χ1) is 14.1. The highest BCUT2D eigenvalue weighted by atomic mass is 16.5. The summed E-state index contributed by atoms with van der Waals surface area (Å²) >= 11 is 0. The molecule has 150 valence electrons. The van der Waals surface area contributed by atoms with Crippen molar-refractivity contribution in [2.24, 2.45) is 0 Å². The minimum atomic E-state index is -0.290. The van der Waals surface area contributed by atoms with Gasteiger partial charge in [-0.2, -0.15) is 0 Å². The van der Waals surface area contributed by atoms with Gasteiger partial charge in [-0.15, -0.1) is 0 Å². The lowest BCUT2D eigenvalue weighted by atomic mass is 10.0. The van der Waals surface area contributed by atoms with Gasteiger partial charge in [0, 0.05) is 32.2 Å². The van der Waals surface area contributed by atoms with Crippen molar-refractivity contribution in [3.8, 4) is 5.75 Å². The summed E-state index contributed by atoms with van der Waals surface area (Å²) in [7, 11) is 1.82. The molecule has 0 bridgehead atoms. The third-order valence-electron chi connectivity index (χ3n) is 5.52. The van der Waals surface area contributed by atoms with E-state index in [2.05, 4.69) is 4.90 Å². The maximum atomic E-state index is 13.3. The predicted molar refractivity (Wildman–Crippen MR) is 113 cm³/mol. The molecule has 0 unspecified atom stereocenters. The quantitative estimate of drug-likeness (QED) is 0.852. The molecule has 4 rings (SSSR count). The molecule has 0 saturated carbocycles. The third kappa shape index (κ3) is 4.42. The summed E-state index contributed by atoms with van der Waals surface area (Å²) in [5, 5.41) is 9.90. The van der Waals surface area contributed by atoms with Crippen molar-refractivity contribution >= 4 is 12.0 Å². The summed E-state index contributed by atoms with van der Waals surface area (Å²) in [5.74, 6) is 0.809. The van der Waals surface area contributed by atoms with Gasteiger partial charge in [-0.25, -0.2) is 0 Å². The number of ether oxygens (including phenoxy) is 1. The number of hydrogen-bond donors (Lipinski definition) is 1. The average molecular weight is 390 g/mol. The second kappa shape index (κ2) is 8.64. The van der Waals surface area contributed by atoms with Gasteiger partial charge >= 0.3 is 0 Å². The van der Waals surface area contributed by atoms with E-state index < -0.39 is 0 Å². The number of nitrogens with zero attached hydrogens (tertiary/aromatic N) is 2. The van der Waals surface area contributed by atoms with Crippen LogP contribution in [0.1, 0.15) is 23.6 Å². The first kappa shape index (κ1) is 19.4. The highest BCUT2D eigenvalue weighted by Gasteiger charge is 2.30. The zero-order chi connectivity index (χ0) is 20.2. The third-order valence-corrected chi connectivity index (χ3v) is 5.52. The van der Waals surface area contributed by atoms with Crippen LogP contribution < -0.4 is 4.74 Å². The summed E-state index contributed by atoms with van der Waals surface area (Å²) in [6.07, 6.45) is 5.99. The molecule has 2 aromatic rings. The molecule has 1 fully saturated rings. The fourth-order valence-electron chi connectivity index (χ4n) is 3.88. The molecule has 2 heterocycles. The monoisotopic (exact) mass is 390 g/mol. The van der Waals surface area contributed by atoms with Gasteiger partial charge in [0.15, 0.2) is 5.76 Å². The largest absolute Gasteiger partial charge is 0.451 e. The van der Waals surface area contributed by atoms with E-state index in [1.807, 2.05) is 73.8 Å². The lowest BCUT2D eigenvalue weighted by molar-refractivity contribution is -0.130. The highest BCUT2D eigenvalue weighted by Crippen LogP contribution is 2.28. The molecule has 2 aliphatic rings. The lowest BCUT2D eigenvalue weighted by Crippen LogP contribution is -2.40. The van der Waals surface area contributed by atoms with Crippen molar-refractivity contribution in [3.05, 3.63) is 83.6 Å². The summed E-state index contributed by atoms with van der Waals surface area (Å²) in [4.78, 5) is 17.3. The zero-order valence-corrected chi connectivity index (χ0v) is 16.6. The Hall–Kier alpha value is -2.89. The fraction of sp³-hybridized carbons (Fsp3) is 0.292. The molecule has 29 heavy (non-hydrogen) atoms. The molecule has 0 radical (unpaired) electrons. The van der Waals surface area contributed by atoms with Crippen LogP contribution in [-0.4, -0.2) is 53.6 Å². The number of likely N-dealkylation sites (tertiary alicyclic amines) is 1. The molecule has 0 aromatic heterocycles. The number of carbonyl (C=O) groups excluding carboxylic acids is 1. The van der Waals surface area contributed by atoms with Crippen LogP contribution in [0.2, 0.25) is 0 Å². The van der Waals surface area contributed by atoms with Crippen molar-refractivity contribution in [2.75, 3.05) is 26.7 Å². The number of aliphatic hydroxyl groups is 1. The van der Waals surface area contributed by atoms with E-state index in [1.54, 1.807) is 11.0 Å². The van der Waals surface area contributed by atoms with Gasteiger partial charge in [0.25, 0.3) is 5.91 Å². The minimum Gasteiger partial charge on any atom is -0.451 e. The van der Waals surface area contributed by atoms with Crippen LogP contribution in [0.15, 0.2) is 72.5 Å². The van der Waals surface area contributed by atoms with Gasteiger partial charge in [-0.05, 0) is 24.1 Å². The summed E-state index contributed by atoms with van der Waals surface area (Å²) in [5.41, 5.74) is 2.01. The topological polar surface area (TPSA) is 53.0 Å². The van der Waals surface area contributed by atoms with Crippen LogP contribution in [-0.2, 0) is 4.79 Å². The maximum absolute atomic E-state index is 13.3. The highest BCUT2D eigenvalue weighted by molar-refractivity contribution is 5.93. The smallest absolute Gasteiger partial charge is 0.289 e. The van der Waals surface area contributed by atoms with Gasteiger partial charge in [0.05, 0.1) is 12.1 Å². The number of fused-ring (bicyclic) bond motifs is 1. The van der Waals surface area contributed by atoms with Crippen molar-refractivity contribution in [3.63, 3.8) is 0 Å². The van der Waals surface area contributed by atoms with Gasteiger partial charge in [-0.3, -0.25) is 9.69 Å². The Kier molecular flexibility index (Phi) is 5.79. The molecule has 2 aliphatic heterocycles. The van der Waals surface area contributed by atoms with Crippen molar-refractivity contribution in [2.45, 2.75) is 18.6 Å². The van der Waals surface area contributed by atoms with E-state index in [4.69, 9.17) is 4.74 Å². The number of carbonyl (C=O) groups is 1. The Morgan fingerprint density at radius 2 is 1.97 bits per heavy atom. The van der Waals surface area contributed by atoms with Crippen LogP contribution in [0.3, 0.4) is 0 Å². The van der Waals surface area contributed by atoms with Crippen LogP contribution in [0.25, 0.3) is 6.08 Å². The number of likely N-dealkylation sites (N-methyl/N-ethyl adjacent to an activating group) is 1. The van der Waals surface area contributed by atoms with Crippen molar-refractivity contribution in [1.29, 1.82) is 0 Å². The van der Waals surface area contributed by atoms with E-state index >= 15 is 0 Å². The van der Waals surface area contributed by atoms with E-state index in [1.165, 1.54) is 0 Å². The van der Waals surface area contributed by atoms with Crippen molar-refractivity contribution in [1.82, 2.24) is 9.80 Å². The Morgan fingerprint density at radius 1 is 1.21 bits per heavy atom. The number of β-amino-alcohol motifs (C(OH)–C–C–N with tert-alkyl or cyclic N) is 1. The molecule has 1 N–H and O–H groups in total. The molecule has 2 aromatic carbocycles. The first-order valence-corrected chi connectivity index (χ1v) is 9.99. The molecule has 5 heteroatoms. The Bertz CT molecular complexity index is 923. The molecule has 5 nitrogen and oxygen atoms in total. The van der Waals surface area contributed by atoms with Gasteiger partial charge in [0.1, 0.15) is 5.75 Å². The second-order valence-electron chi connectivity index (χ2n) is 7.57. The number of allylic oxidation sites excluding steroid dienone is 2. The summed E-state index contributed by atoms with van der Waals surface area (Å²) < 4.78 is 5.97. The zero-order valence-electron chi connectivity index (χ0n) is 16.6. The number of aliphatic hydroxyl groups excluding tert-OH is 1. The first-order valence-electron chi connectivity index (χ1n) is 9.99. The fourth-order valence-corrected chi connectivity index (χ4v) is 3.88. The molecule has 1 saturated heterocycles. The van der Waals surface area contributed by atoms with E-state index in [-0.39, 0.29) is 18.1 Å². The average Bonchev–Trinajstić information content (AvgIpc) is 3.04. The van der Waals surface area contributed by atoms with E-state index in [9.17, 15) is 9.90 Å². The number of hydrogen-bond acceptors (Lipinski definition) is 4. The Labute approximate surface area is 171 Å². The molecule has 0 spiro atoms.